The molecule has 2 N–H and O–H groups in total. The maximum atomic E-state index is 5.85. The summed E-state index contributed by atoms with van der Waals surface area (Å²) in [5.74, 6) is 1.96. The van der Waals surface area contributed by atoms with E-state index in [1.54, 1.807) is 23.5 Å². The monoisotopic (exact) mass is 302 g/mol. The van der Waals surface area contributed by atoms with E-state index in [-0.39, 0.29) is 5.54 Å². The largest absolute Gasteiger partial charge is 0.379 e. The number of nitrogens with two attached hydrogens (primary N) is 1. The number of hydrogen-bond donors (Lipinski definition) is 1. The van der Waals surface area contributed by atoms with Gasteiger partial charge in [0.15, 0.2) is 5.17 Å². The lowest BCUT2D eigenvalue weighted by molar-refractivity contribution is 0.585. The van der Waals surface area contributed by atoms with Gasteiger partial charge in [0.1, 0.15) is 0 Å². The zero-order valence-corrected chi connectivity index (χ0v) is 13.3. The van der Waals surface area contributed by atoms with Crippen LogP contribution in [0, 0.1) is 0 Å². The van der Waals surface area contributed by atoms with Gasteiger partial charge in [-0.05, 0) is 45.0 Å². The van der Waals surface area contributed by atoms with Crippen LogP contribution in [0.2, 0.25) is 5.02 Å². The number of amidine groups is 1. The quantitative estimate of drug-likeness (QED) is 0.390. The Bertz CT molecular complexity index is 396. The molecule has 0 aliphatic rings. The third-order valence-corrected chi connectivity index (χ3v) is 4.18. The number of thioether (sulfide) groups is 2. The summed E-state index contributed by atoms with van der Waals surface area (Å²) in [5.41, 5.74) is 5.75. The highest BCUT2D eigenvalue weighted by atomic mass is 35.5. The molecular weight excluding hydrogens is 284 g/mol. The maximum absolute atomic E-state index is 5.85. The number of nitrogens with zero attached hydrogens (tertiary/aromatic N) is 1. The normalized spacial score (nSPS) is 12.8. The maximum Gasteiger partial charge on any atom is 0.154 e. The first kappa shape index (κ1) is 15.7. The van der Waals surface area contributed by atoms with Crippen LogP contribution in [0.3, 0.4) is 0 Å². The minimum atomic E-state index is -0.0968. The Labute approximate surface area is 123 Å². The van der Waals surface area contributed by atoms with Gasteiger partial charge in [-0.25, -0.2) is 0 Å². The second-order valence-corrected chi connectivity index (χ2v) is 7.49. The molecule has 0 amide bonds. The number of hydrogen-bond acceptors (Lipinski definition) is 3. The van der Waals surface area contributed by atoms with Crippen molar-refractivity contribution in [2.75, 3.05) is 11.5 Å². The van der Waals surface area contributed by atoms with Crippen LogP contribution in [0.15, 0.2) is 34.2 Å². The molecule has 0 spiro atoms. The molecule has 1 rings (SSSR count). The lowest BCUT2D eigenvalue weighted by Gasteiger charge is -2.13. The zero-order valence-electron chi connectivity index (χ0n) is 10.9. The van der Waals surface area contributed by atoms with Crippen LogP contribution in [0.4, 0.5) is 0 Å². The Balaban J connectivity index is 2.27. The SMILES string of the molecule is CC(C)(C)N=C(N)SCCSc1ccc(Cl)cc1. The van der Waals surface area contributed by atoms with Gasteiger partial charge in [0, 0.05) is 21.4 Å². The molecule has 0 atom stereocenters. The van der Waals surface area contributed by atoms with Crippen LogP contribution >= 0.6 is 35.1 Å². The van der Waals surface area contributed by atoms with E-state index in [4.69, 9.17) is 17.3 Å². The van der Waals surface area contributed by atoms with Crippen molar-refractivity contribution >= 4 is 40.3 Å². The van der Waals surface area contributed by atoms with E-state index in [0.29, 0.717) is 5.17 Å². The molecule has 5 heteroatoms. The molecule has 0 aliphatic carbocycles. The molecule has 0 unspecified atom stereocenters. The molecule has 0 aromatic heterocycles. The van der Waals surface area contributed by atoms with Crippen molar-refractivity contribution in [2.24, 2.45) is 10.7 Å². The van der Waals surface area contributed by atoms with Crippen molar-refractivity contribution in [3.05, 3.63) is 29.3 Å². The molecule has 18 heavy (non-hydrogen) atoms. The van der Waals surface area contributed by atoms with E-state index in [0.717, 1.165) is 16.5 Å². The van der Waals surface area contributed by atoms with Crippen LogP contribution < -0.4 is 5.73 Å². The van der Waals surface area contributed by atoms with E-state index < -0.39 is 0 Å². The summed E-state index contributed by atoms with van der Waals surface area (Å²) in [5, 5.41) is 1.44. The molecule has 0 fully saturated rings. The fourth-order valence-electron chi connectivity index (χ4n) is 1.20. The highest BCUT2D eigenvalue weighted by Crippen LogP contribution is 2.21. The van der Waals surface area contributed by atoms with Crippen LogP contribution in [-0.4, -0.2) is 22.2 Å². The Hall–Kier alpha value is -0.320. The molecule has 0 aliphatic heterocycles. The fourth-order valence-corrected chi connectivity index (χ4v) is 3.10. The number of halogens is 1. The number of benzene rings is 1. The molecule has 0 heterocycles. The standard InChI is InChI=1S/C13H19ClN2S2/c1-13(2,3)16-12(15)18-9-8-17-11-6-4-10(14)5-7-11/h4-7H,8-9H2,1-3H3,(H2,15,16). The van der Waals surface area contributed by atoms with Gasteiger partial charge >= 0.3 is 0 Å². The van der Waals surface area contributed by atoms with Gasteiger partial charge in [0.2, 0.25) is 0 Å². The second-order valence-electron chi connectivity index (χ2n) is 4.77. The average Bonchev–Trinajstić information content (AvgIpc) is 2.24. The third-order valence-electron chi connectivity index (χ3n) is 1.86. The zero-order chi connectivity index (χ0) is 13.6. The van der Waals surface area contributed by atoms with E-state index in [1.165, 1.54) is 4.90 Å². The van der Waals surface area contributed by atoms with Crippen molar-refractivity contribution < 1.29 is 0 Å². The highest BCUT2D eigenvalue weighted by Gasteiger charge is 2.08. The van der Waals surface area contributed by atoms with Gasteiger partial charge in [-0.2, -0.15) is 0 Å². The summed E-state index contributed by atoms with van der Waals surface area (Å²) in [6.07, 6.45) is 0. The molecule has 0 saturated heterocycles. The van der Waals surface area contributed by atoms with E-state index in [9.17, 15) is 0 Å². The Morgan fingerprint density at radius 3 is 2.39 bits per heavy atom. The minimum Gasteiger partial charge on any atom is -0.379 e. The summed E-state index contributed by atoms with van der Waals surface area (Å²) in [4.78, 5) is 5.62. The fraction of sp³-hybridized carbons (Fsp3) is 0.462. The molecular formula is C13H19ClN2S2. The van der Waals surface area contributed by atoms with Gasteiger partial charge in [-0.3, -0.25) is 4.99 Å². The van der Waals surface area contributed by atoms with Crippen LogP contribution in [0.1, 0.15) is 20.8 Å². The summed E-state index contributed by atoms with van der Waals surface area (Å²) >= 11 is 9.24. The first-order chi connectivity index (χ1) is 8.37. The van der Waals surface area contributed by atoms with Crippen molar-refractivity contribution in [3.8, 4) is 0 Å². The molecule has 2 nitrogen and oxygen atoms in total. The topological polar surface area (TPSA) is 38.4 Å². The van der Waals surface area contributed by atoms with Crippen LogP contribution in [-0.2, 0) is 0 Å². The van der Waals surface area contributed by atoms with Gasteiger partial charge < -0.3 is 5.73 Å². The predicted molar refractivity (Wildman–Crippen MR) is 86.0 cm³/mol. The lowest BCUT2D eigenvalue weighted by Crippen LogP contribution is -2.18. The Morgan fingerprint density at radius 2 is 1.83 bits per heavy atom. The summed E-state index contributed by atoms with van der Waals surface area (Å²) < 4.78 is 0. The molecule has 1 aromatic carbocycles. The van der Waals surface area contributed by atoms with Crippen LogP contribution in [0.5, 0.6) is 0 Å². The number of rotatable bonds is 4. The Kier molecular flexibility index (Phi) is 6.39. The van der Waals surface area contributed by atoms with Gasteiger partial charge in [-0.1, -0.05) is 23.4 Å². The first-order valence-electron chi connectivity index (χ1n) is 5.73. The summed E-state index contributed by atoms with van der Waals surface area (Å²) in [6.45, 7) is 6.13. The Morgan fingerprint density at radius 1 is 1.22 bits per heavy atom. The average molecular weight is 303 g/mol. The molecule has 100 valence electrons. The van der Waals surface area contributed by atoms with E-state index in [1.807, 2.05) is 45.0 Å². The third kappa shape index (κ3) is 7.19. The van der Waals surface area contributed by atoms with E-state index >= 15 is 0 Å². The molecule has 1 aromatic rings. The smallest absolute Gasteiger partial charge is 0.154 e. The van der Waals surface area contributed by atoms with Gasteiger partial charge in [0.05, 0.1) is 5.54 Å². The number of aliphatic imine (C=N–C) groups is 1. The van der Waals surface area contributed by atoms with Crippen molar-refractivity contribution in [3.63, 3.8) is 0 Å². The molecule has 0 saturated carbocycles. The summed E-state index contributed by atoms with van der Waals surface area (Å²) in [6, 6.07) is 7.88. The van der Waals surface area contributed by atoms with Gasteiger partial charge in [0.25, 0.3) is 0 Å². The van der Waals surface area contributed by atoms with E-state index in [2.05, 4.69) is 4.99 Å². The second kappa shape index (κ2) is 7.31. The van der Waals surface area contributed by atoms with Gasteiger partial charge in [-0.15, -0.1) is 11.8 Å². The predicted octanol–water partition coefficient (Wildman–Crippen LogP) is 4.28. The highest BCUT2D eigenvalue weighted by molar-refractivity contribution is 8.14. The van der Waals surface area contributed by atoms with Crippen molar-refractivity contribution in [1.29, 1.82) is 0 Å². The van der Waals surface area contributed by atoms with Crippen molar-refractivity contribution in [2.45, 2.75) is 31.2 Å². The first-order valence-corrected chi connectivity index (χ1v) is 8.08. The molecule has 0 radical (unpaired) electrons. The van der Waals surface area contributed by atoms with Crippen molar-refractivity contribution in [1.82, 2.24) is 0 Å². The summed E-state index contributed by atoms with van der Waals surface area (Å²) in [7, 11) is 0. The van der Waals surface area contributed by atoms with Crippen LogP contribution in [0.25, 0.3) is 0 Å². The minimum absolute atomic E-state index is 0.0968. The molecule has 0 bridgehead atoms. The lowest BCUT2D eigenvalue weighted by atomic mass is 10.1.